The summed E-state index contributed by atoms with van der Waals surface area (Å²) in [7, 11) is 0. The first-order valence-corrected chi connectivity index (χ1v) is 8.43. The van der Waals surface area contributed by atoms with Gasteiger partial charge in [0.25, 0.3) is 0 Å². The van der Waals surface area contributed by atoms with E-state index < -0.39 is 0 Å². The van der Waals surface area contributed by atoms with Gasteiger partial charge in [-0.1, -0.05) is 58.3 Å². The third-order valence-electron chi connectivity index (χ3n) is 3.61. The van der Waals surface area contributed by atoms with Crippen LogP contribution in [0.2, 0.25) is 0 Å². The van der Waals surface area contributed by atoms with Crippen molar-refractivity contribution in [3.05, 3.63) is 21.9 Å². The summed E-state index contributed by atoms with van der Waals surface area (Å²) in [6.07, 6.45) is 12.2. The van der Waals surface area contributed by atoms with E-state index in [-0.39, 0.29) is 6.04 Å². The summed E-state index contributed by atoms with van der Waals surface area (Å²) < 4.78 is 0. The van der Waals surface area contributed by atoms with Gasteiger partial charge in [-0.15, -0.1) is 11.3 Å². The van der Waals surface area contributed by atoms with E-state index in [0.717, 1.165) is 6.42 Å². The summed E-state index contributed by atoms with van der Waals surface area (Å²) in [6, 6.07) is 2.44. The van der Waals surface area contributed by atoms with Gasteiger partial charge in [0, 0.05) is 10.9 Å². The minimum Gasteiger partial charge on any atom is -0.323 e. The molecule has 1 atom stereocenters. The van der Waals surface area contributed by atoms with Crippen molar-refractivity contribution in [3.63, 3.8) is 0 Å². The molecule has 104 valence electrons. The fourth-order valence-corrected chi connectivity index (χ4v) is 3.36. The summed E-state index contributed by atoms with van der Waals surface area (Å²) in [5.74, 6) is 0. The number of nitrogens with two attached hydrogens (primary N) is 1. The molecular weight excluding hydrogens is 238 g/mol. The average Bonchev–Trinajstić information content (AvgIpc) is 2.79. The molecule has 1 nitrogen and oxygen atoms in total. The molecule has 1 aromatic heterocycles. The Labute approximate surface area is 117 Å². The van der Waals surface area contributed by atoms with Crippen molar-refractivity contribution in [2.24, 2.45) is 5.73 Å². The lowest BCUT2D eigenvalue weighted by molar-refractivity contribution is 0.538. The lowest BCUT2D eigenvalue weighted by Crippen LogP contribution is -2.09. The van der Waals surface area contributed by atoms with Gasteiger partial charge in [0.1, 0.15) is 0 Å². The average molecular weight is 267 g/mol. The topological polar surface area (TPSA) is 26.0 Å². The van der Waals surface area contributed by atoms with Gasteiger partial charge >= 0.3 is 0 Å². The number of hydrogen-bond donors (Lipinski definition) is 1. The molecule has 0 aliphatic heterocycles. The first-order chi connectivity index (χ1) is 8.75. The minimum atomic E-state index is 0.269. The molecule has 18 heavy (non-hydrogen) atoms. The second-order valence-corrected chi connectivity index (χ2v) is 6.29. The summed E-state index contributed by atoms with van der Waals surface area (Å²) in [5.41, 5.74) is 7.60. The Morgan fingerprint density at radius 3 is 2.22 bits per heavy atom. The molecule has 0 bridgehead atoms. The van der Waals surface area contributed by atoms with E-state index in [0.29, 0.717) is 0 Å². The van der Waals surface area contributed by atoms with Crippen LogP contribution < -0.4 is 5.73 Å². The quantitative estimate of drug-likeness (QED) is 0.550. The van der Waals surface area contributed by atoms with Crippen LogP contribution in [0.4, 0.5) is 0 Å². The van der Waals surface area contributed by atoms with Crippen molar-refractivity contribution in [1.29, 1.82) is 0 Å². The van der Waals surface area contributed by atoms with Gasteiger partial charge in [0.15, 0.2) is 0 Å². The maximum Gasteiger partial charge on any atom is 0.0392 e. The van der Waals surface area contributed by atoms with Gasteiger partial charge in [0.2, 0.25) is 0 Å². The first kappa shape index (κ1) is 15.7. The fraction of sp³-hybridized carbons (Fsp3) is 0.750. The molecule has 0 fully saturated rings. The van der Waals surface area contributed by atoms with Crippen molar-refractivity contribution >= 4 is 11.3 Å². The van der Waals surface area contributed by atoms with Gasteiger partial charge in [0.05, 0.1) is 0 Å². The van der Waals surface area contributed by atoms with Gasteiger partial charge in [-0.25, -0.2) is 0 Å². The van der Waals surface area contributed by atoms with E-state index in [4.69, 9.17) is 5.73 Å². The summed E-state index contributed by atoms with van der Waals surface area (Å²) in [4.78, 5) is 1.39. The van der Waals surface area contributed by atoms with Gasteiger partial charge < -0.3 is 5.73 Å². The van der Waals surface area contributed by atoms with Crippen molar-refractivity contribution in [2.45, 2.75) is 77.7 Å². The van der Waals surface area contributed by atoms with Crippen molar-refractivity contribution in [3.8, 4) is 0 Å². The molecule has 1 heterocycles. The molecule has 0 radical (unpaired) electrons. The molecule has 0 saturated heterocycles. The largest absolute Gasteiger partial charge is 0.323 e. The van der Waals surface area contributed by atoms with Crippen LogP contribution in [0.3, 0.4) is 0 Å². The van der Waals surface area contributed by atoms with Crippen LogP contribution in [0.1, 0.15) is 81.2 Å². The molecule has 1 rings (SSSR count). The Morgan fingerprint density at radius 1 is 1.06 bits per heavy atom. The molecule has 1 aromatic rings. The molecular formula is C16H29NS. The third kappa shape index (κ3) is 6.01. The number of unbranched alkanes of at least 4 members (excludes halogenated alkanes) is 7. The molecule has 0 aliphatic rings. The van der Waals surface area contributed by atoms with Gasteiger partial charge in [-0.3, -0.25) is 0 Å². The number of rotatable bonds is 10. The van der Waals surface area contributed by atoms with Crippen molar-refractivity contribution in [2.75, 3.05) is 0 Å². The van der Waals surface area contributed by atoms with Crippen LogP contribution >= 0.6 is 11.3 Å². The molecule has 1 unspecified atom stereocenters. The van der Waals surface area contributed by atoms with Crippen LogP contribution in [0.5, 0.6) is 0 Å². The Bertz CT molecular complexity index is 306. The standard InChI is InChI=1S/C16H29NS/c1-3-4-5-6-7-8-9-10-11-15(17)16-14(2)12-13-18-16/h12-13,15H,3-11,17H2,1-2H3. The smallest absolute Gasteiger partial charge is 0.0392 e. The van der Waals surface area contributed by atoms with E-state index in [9.17, 15) is 0 Å². The van der Waals surface area contributed by atoms with Crippen LogP contribution in [0.25, 0.3) is 0 Å². The molecule has 0 saturated carbocycles. The minimum absolute atomic E-state index is 0.269. The number of hydrogen-bond acceptors (Lipinski definition) is 2. The third-order valence-corrected chi connectivity index (χ3v) is 4.76. The second-order valence-electron chi connectivity index (χ2n) is 5.34. The number of aryl methyl sites for hydroxylation is 1. The Balaban J connectivity index is 1.99. The molecule has 0 spiro atoms. The van der Waals surface area contributed by atoms with Crippen LogP contribution in [0.15, 0.2) is 11.4 Å². The highest BCUT2D eigenvalue weighted by Crippen LogP contribution is 2.26. The maximum absolute atomic E-state index is 6.23. The highest BCUT2D eigenvalue weighted by atomic mass is 32.1. The molecule has 0 aromatic carbocycles. The predicted octanol–water partition coefficient (Wildman–Crippen LogP) is 5.59. The highest BCUT2D eigenvalue weighted by Gasteiger charge is 2.09. The Kier molecular flexibility index (Phi) is 8.36. The number of thiophene rings is 1. The van der Waals surface area contributed by atoms with E-state index in [1.165, 1.54) is 61.8 Å². The van der Waals surface area contributed by atoms with E-state index in [1.54, 1.807) is 0 Å². The fourth-order valence-electron chi connectivity index (χ4n) is 2.39. The maximum atomic E-state index is 6.23. The van der Waals surface area contributed by atoms with E-state index >= 15 is 0 Å². The molecule has 0 aliphatic carbocycles. The Hall–Kier alpha value is -0.340. The first-order valence-electron chi connectivity index (χ1n) is 7.55. The lowest BCUT2D eigenvalue weighted by Gasteiger charge is -2.10. The van der Waals surface area contributed by atoms with E-state index in [2.05, 4.69) is 25.3 Å². The lowest BCUT2D eigenvalue weighted by atomic mass is 10.0. The Morgan fingerprint density at radius 2 is 1.67 bits per heavy atom. The summed E-state index contributed by atoms with van der Waals surface area (Å²) >= 11 is 1.81. The van der Waals surface area contributed by atoms with Crippen molar-refractivity contribution in [1.82, 2.24) is 0 Å². The highest BCUT2D eigenvalue weighted by molar-refractivity contribution is 7.10. The molecule has 0 amide bonds. The van der Waals surface area contributed by atoms with Gasteiger partial charge in [-0.05, 0) is 30.4 Å². The van der Waals surface area contributed by atoms with Crippen LogP contribution in [-0.4, -0.2) is 0 Å². The SMILES string of the molecule is CCCCCCCCCCC(N)c1sccc1C. The van der Waals surface area contributed by atoms with Crippen LogP contribution in [0, 0.1) is 6.92 Å². The zero-order valence-electron chi connectivity index (χ0n) is 12.1. The van der Waals surface area contributed by atoms with Crippen molar-refractivity contribution < 1.29 is 0 Å². The van der Waals surface area contributed by atoms with E-state index in [1.807, 2.05) is 11.3 Å². The summed E-state index contributed by atoms with van der Waals surface area (Å²) in [6.45, 7) is 4.44. The summed E-state index contributed by atoms with van der Waals surface area (Å²) in [5, 5.41) is 2.15. The molecule has 2 heteroatoms. The second kappa shape index (κ2) is 9.57. The van der Waals surface area contributed by atoms with Gasteiger partial charge in [-0.2, -0.15) is 0 Å². The zero-order valence-corrected chi connectivity index (χ0v) is 12.9. The monoisotopic (exact) mass is 267 g/mol. The predicted molar refractivity (Wildman–Crippen MR) is 83.2 cm³/mol. The normalized spacial score (nSPS) is 12.8. The molecule has 2 N–H and O–H groups in total. The zero-order chi connectivity index (χ0) is 13.2. The van der Waals surface area contributed by atoms with Crippen LogP contribution in [-0.2, 0) is 0 Å².